The molecule has 5 nitrogen and oxygen atoms in total. The molecule has 1 aromatic rings. The number of carboxylic acids is 1. The van der Waals surface area contributed by atoms with Crippen molar-refractivity contribution in [1.82, 2.24) is 4.31 Å². The Morgan fingerprint density at radius 1 is 1.42 bits per heavy atom. The molecule has 0 amide bonds. The standard InChI is InChI=1S/C12H17NO4S2/c1-8-5-6-13(9(2)7-8)19(16,17)11-4-3-10(18-11)12(14)15/h3-4,8-9H,5-7H2,1-2H3,(H,14,15). The van der Waals surface area contributed by atoms with Crippen molar-refractivity contribution >= 4 is 27.3 Å². The molecule has 1 saturated heterocycles. The highest BCUT2D eigenvalue weighted by Crippen LogP contribution is 2.31. The van der Waals surface area contributed by atoms with Crippen LogP contribution in [0.5, 0.6) is 0 Å². The lowest BCUT2D eigenvalue weighted by Gasteiger charge is -2.35. The second-order valence-corrected chi connectivity index (χ2v) is 8.22. The maximum absolute atomic E-state index is 12.5. The van der Waals surface area contributed by atoms with Gasteiger partial charge in [-0.1, -0.05) is 6.92 Å². The average molecular weight is 303 g/mol. The van der Waals surface area contributed by atoms with Gasteiger partial charge in [-0.3, -0.25) is 0 Å². The molecule has 1 aromatic heterocycles. The monoisotopic (exact) mass is 303 g/mol. The number of hydrogen-bond donors (Lipinski definition) is 1. The SMILES string of the molecule is CC1CCN(S(=O)(=O)c2ccc(C(=O)O)s2)C(C)C1. The summed E-state index contributed by atoms with van der Waals surface area (Å²) in [6.45, 7) is 4.53. The van der Waals surface area contributed by atoms with Gasteiger partial charge in [-0.25, -0.2) is 13.2 Å². The largest absolute Gasteiger partial charge is 0.477 e. The van der Waals surface area contributed by atoms with E-state index in [1.54, 1.807) is 0 Å². The summed E-state index contributed by atoms with van der Waals surface area (Å²) < 4.78 is 26.6. The fourth-order valence-corrected chi connectivity index (χ4v) is 5.36. The van der Waals surface area contributed by atoms with Crippen LogP contribution in [0.25, 0.3) is 0 Å². The molecule has 106 valence electrons. The first-order valence-corrected chi connectivity index (χ1v) is 8.43. The third-order valence-corrected chi connectivity index (χ3v) is 6.99. The van der Waals surface area contributed by atoms with Crippen molar-refractivity contribution in [3.8, 4) is 0 Å². The Morgan fingerprint density at radius 3 is 2.63 bits per heavy atom. The van der Waals surface area contributed by atoms with Crippen LogP contribution >= 0.6 is 11.3 Å². The van der Waals surface area contributed by atoms with E-state index in [2.05, 4.69) is 6.92 Å². The first-order valence-electron chi connectivity index (χ1n) is 6.17. The van der Waals surface area contributed by atoms with Crippen LogP contribution in [-0.2, 0) is 10.0 Å². The van der Waals surface area contributed by atoms with Crippen LogP contribution in [0.3, 0.4) is 0 Å². The molecule has 0 bridgehead atoms. The van der Waals surface area contributed by atoms with Gasteiger partial charge in [0.1, 0.15) is 9.09 Å². The molecule has 19 heavy (non-hydrogen) atoms. The van der Waals surface area contributed by atoms with Crippen molar-refractivity contribution in [1.29, 1.82) is 0 Å². The van der Waals surface area contributed by atoms with E-state index in [9.17, 15) is 13.2 Å². The third kappa shape index (κ3) is 2.82. The number of aromatic carboxylic acids is 1. The average Bonchev–Trinajstić information content (AvgIpc) is 2.78. The lowest BCUT2D eigenvalue weighted by Crippen LogP contribution is -2.43. The summed E-state index contributed by atoms with van der Waals surface area (Å²) in [7, 11) is -3.56. The highest BCUT2D eigenvalue weighted by molar-refractivity contribution is 7.91. The van der Waals surface area contributed by atoms with Gasteiger partial charge in [-0.2, -0.15) is 4.31 Å². The summed E-state index contributed by atoms with van der Waals surface area (Å²) in [6.07, 6.45) is 1.69. The summed E-state index contributed by atoms with van der Waals surface area (Å²) in [5, 5.41) is 8.86. The highest BCUT2D eigenvalue weighted by atomic mass is 32.2. The molecule has 7 heteroatoms. The van der Waals surface area contributed by atoms with Gasteiger partial charge in [-0.15, -0.1) is 11.3 Å². The van der Waals surface area contributed by atoms with Crippen LogP contribution in [0.4, 0.5) is 0 Å². The van der Waals surface area contributed by atoms with E-state index in [0.717, 1.165) is 24.2 Å². The Labute approximate surface area is 116 Å². The van der Waals surface area contributed by atoms with Gasteiger partial charge in [0.25, 0.3) is 10.0 Å². The number of thiophene rings is 1. The minimum atomic E-state index is -3.56. The maximum atomic E-state index is 12.5. The van der Waals surface area contributed by atoms with Crippen LogP contribution in [0.2, 0.25) is 0 Å². The molecule has 1 aliphatic heterocycles. The molecule has 0 aliphatic carbocycles. The zero-order valence-electron chi connectivity index (χ0n) is 10.9. The van der Waals surface area contributed by atoms with Crippen LogP contribution in [0, 0.1) is 5.92 Å². The van der Waals surface area contributed by atoms with Gasteiger partial charge in [0.05, 0.1) is 0 Å². The summed E-state index contributed by atoms with van der Waals surface area (Å²) in [4.78, 5) is 10.9. The molecule has 0 spiro atoms. The number of sulfonamides is 1. The Bertz CT molecular complexity index is 578. The topological polar surface area (TPSA) is 74.7 Å². The minimum absolute atomic E-state index is 0.0378. The van der Waals surface area contributed by atoms with Gasteiger partial charge in [0.15, 0.2) is 0 Å². The molecule has 1 N–H and O–H groups in total. The van der Waals surface area contributed by atoms with E-state index in [1.165, 1.54) is 16.4 Å². The minimum Gasteiger partial charge on any atom is -0.477 e. The predicted octanol–water partition coefficient (Wildman–Crippen LogP) is 2.26. The second-order valence-electron chi connectivity index (χ2n) is 5.02. The van der Waals surface area contributed by atoms with E-state index in [1.807, 2.05) is 6.92 Å². The third-order valence-electron chi connectivity index (χ3n) is 3.43. The smallest absolute Gasteiger partial charge is 0.345 e. The Balaban J connectivity index is 2.28. The zero-order valence-corrected chi connectivity index (χ0v) is 12.5. The molecule has 0 aromatic carbocycles. The molecular weight excluding hydrogens is 286 g/mol. The molecule has 1 aliphatic rings. The zero-order chi connectivity index (χ0) is 14.2. The summed E-state index contributed by atoms with van der Waals surface area (Å²) in [5.41, 5.74) is 0. The van der Waals surface area contributed by atoms with Gasteiger partial charge in [0, 0.05) is 12.6 Å². The van der Waals surface area contributed by atoms with Crippen molar-refractivity contribution in [3.05, 3.63) is 17.0 Å². The number of carbonyl (C=O) groups is 1. The lowest BCUT2D eigenvalue weighted by atomic mass is 9.95. The molecule has 2 atom stereocenters. The molecule has 2 heterocycles. The van der Waals surface area contributed by atoms with E-state index in [-0.39, 0.29) is 15.1 Å². The van der Waals surface area contributed by atoms with Crippen molar-refractivity contribution in [3.63, 3.8) is 0 Å². The van der Waals surface area contributed by atoms with E-state index in [4.69, 9.17) is 5.11 Å². The van der Waals surface area contributed by atoms with Crippen LogP contribution in [0.15, 0.2) is 16.3 Å². The molecular formula is C12H17NO4S2. The fourth-order valence-electron chi connectivity index (χ4n) is 2.43. The van der Waals surface area contributed by atoms with Crippen molar-refractivity contribution < 1.29 is 18.3 Å². The number of carboxylic acid groups (broad SMARTS) is 1. The Kier molecular flexibility index (Phi) is 3.98. The fraction of sp³-hybridized carbons (Fsp3) is 0.583. The summed E-state index contributed by atoms with van der Waals surface area (Å²) in [5.74, 6) is -0.564. The Morgan fingerprint density at radius 2 is 2.11 bits per heavy atom. The first kappa shape index (κ1) is 14.5. The molecule has 1 fully saturated rings. The highest BCUT2D eigenvalue weighted by Gasteiger charge is 2.34. The lowest BCUT2D eigenvalue weighted by molar-refractivity contribution is 0.0702. The predicted molar refractivity (Wildman–Crippen MR) is 73.0 cm³/mol. The van der Waals surface area contributed by atoms with E-state index in [0.29, 0.717) is 12.5 Å². The van der Waals surface area contributed by atoms with Crippen LogP contribution in [0.1, 0.15) is 36.4 Å². The Hall–Kier alpha value is -0.920. The number of hydrogen-bond acceptors (Lipinski definition) is 4. The van der Waals surface area contributed by atoms with Crippen molar-refractivity contribution in [2.45, 2.75) is 36.9 Å². The van der Waals surface area contributed by atoms with Crippen molar-refractivity contribution in [2.24, 2.45) is 5.92 Å². The number of rotatable bonds is 3. The van der Waals surface area contributed by atoms with Gasteiger partial charge >= 0.3 is 5.97 Å². The second kappa shape index (κ2) is 5.22. The molecule has 2 unspecified atom stereocenters. The number of piperidine rings is 1. The molecule has 0 saturated carbocycles. The van der Waals surface area contributed by atoms with Gasteiger partial charge in [-0.05, 0) is 37.8 Å². The maximum Gasteiger partial charge on any atom is 0.345 e. The quantitative estimate of drug-likeness (QED) is 0.929. The summed E-state index contributed by atoms with van der Waals surface area (Å²) in [6, 6.07) is 2.69. The van der Waals surface area contributed by atoms with Crippen LogP contribution < -0.4 is 0 Å². The van der Waals surface area contributed by atoms with Crippen molar-refractivity contribution in [2.75, 3.05) is 6.54 Å². The molecule has 2 rings (SSSR count). The van der Waals surface area contributed by atoms with E-state index < -0.39 is 16.0 Å². The molecule has 0 radical (unpaired) electrons. The summed E-state index contributed by atoms with van der Waals surface area (Å²) >= 11 is 0.815. The normalized spacial score (nSPS) is 25.4. The van der Waals surface area contributed by atoms with Crippen LogP contribution in [-0.4, -0.2) is 36.4 Å². The van der Waals surface area contributed by atoms with Gasteiger partial charge in [0.2, 0.25) is 0 Å². The first-order chi connectivity index (χ1) is 8.82. The number of nitrogens with zero attached hydrogens (tertiary/aromatic N) is 1. The van der Waals surface area contributed by atoms with E-state index >= 15 is 0 Å². The van der Waals surface area contributed by atoms with Gasteiger partial charge < -0.3 is 5.11 Å².